The van der Waals surface area contributed by atoms with Crippen molar-refractivity contribution in [3.8, 4) is 0 Å². The second-order valence-corrected chi connectivity index (χ2v) is 4.04. The second-order valence-electron chi connectivity index (χ2n) is 4.04. The number of hydrogen-bond acceptors (Lipinski definition) is 4. The van der Waals surface area contributed by atoms with Gasteiger partial charge in [0.1, 0.15) is 6.61 Å². The van der Waals surface area contributed by atoms with Crippen molar-refractivity contribution in [1.29, 1.82) is 0 Å². The first kappa shape index (κ1) is 16.4. The minimum Gasteiger partial charge on any atom is -0.463 e. The molecule has 0 rings (SSSR count). The lowest BCUT2D eigenvalue weighted by Gasteiger charge is -2.12. The summed E-state index contributed by atoms with van der Waals surface area (Å²) in [5.41, 5.74) is 0. The molecule has 0 heterocycles. The topological polar surface area (TPSA) is 47.6 Å². The number of ether oxygens (including phenoxy) is 2. The van der Waals surface area contributed by atoms with E-state index in [1.165, 1.54) is 0 Å². The summed E-state index contributed by atoms with van der Waals surface area (Å²) in [6, 6.07) is 0. The van der Waals surface area contributed by atoms with Crippen molar-refractivity contribution in [3.63, 3.8) is 0 Å². The molecule has 0 aliphatic carbocycles. The third-order valence-electron chi connectivity index (χ3n) is 2.64. The Hall–Kier alpha value is -0.610. The van der Waals surface area contributed by atoms with Gasteiger partial charge in [0.25, 0.3) is 0 Å². The van der Waals surface area contributed by atoms with Crippen molar-refractivity contribution in [3.05, 3.63) is 0 Å². The monoisotopic (exact) mass is 245 g/mol. The standard InChI is InChI=1S/C13H27NO3/c1-4-7-14-8-9-16-10-11-17-13(15)12(5-2)6-3/h12,14H,4-11H2,1-3H3. The summed E-state index contributed by atoms with van der Waals surface area (Å²) < 4.78 is 10.5. The van der Waals surface area contributed by atoms with Crippen LogP contribution in [0.4, 0.5) is 0 Å². The lowest BCUT2D eigenvalue weighted by molar-refractivity contribution is -0.150. The number of hydrogen-bond donors (Lipinski definition) is 1. The molecular formula is C13H27NO3. The molecule has 0 bridgehead atoms. The molecule has 0 radical (unpaired) electrons. The quantitative estimate of drug-likeness (QED) is 0.447. The summed E-state index contributed by atoms with van der Waals surface area (Å²) in [4.78, 5) is 11.5. The van der Waals surface area contributed by atoms with Gasteiger partial charge in [-0.15, -0.1) is 0 Å². The van der Waals surface area contributed by atoms with Crippen LogP contribution >= 0.6 is 0 Å². The summed E-state index contributed by atoms with van der Waals surface area (Å²) in [5, 5.41) is 3.24. The van der Waals surface area contributed by atoms with E-state index < -0.39 is 0 Å². The summed E-state index contributed by atoms with van der Waals surface area (Å²) in [7, 11) is 0. The number of carbonyl (C=O) groups excluding carboxylic acids is 1. The third kappa shape index (κ3) is 9.12. The number of nitrogens with one attached hydrogen (secondary N) is 1. The van der Waals surface area contributed by atoms with Gasteiger partial charge in [0.2, 0.25) is 0 Å². The van der Waals surface area contributed by atoms with Gasteiger partial charge in [-0.3, -0.25) is 4.79 Å². The van der Waals surface area contributed by atoms with Gasteiger partial charge >= 0.3 is 5.97 Å². The van der Waals surface area contributed by atoms with E-state index >= 15 is 0 Å². The maximum absolute atomic E-state index is 11.5. The van der Waals surface area contributed by atoms with Crippen molar-refractivity contribution in [2.75, 3.05) is 32.9 Å². The van der Waals surface area contributed by atoms with Crippen molar-refractivity contribution in [1.82, 2.24) is 5.32 Å². The highest BCUT2D eigenvalue weighted by Gasteiger charge is 2.14. The van der Waals surface area contributed by atoms with Crippen LogP contribution in [0.5, 0.6) is 0 Å². The minimum absolute atomic E-state index is 0.0428. The molecule has 4 nitrogen and oxygen atoms in total. The number of rotatable bonds is 11. The van der Waals surface area contributed by atoms with Gasteiger partial charge in [0.05, 0.1) is 19.1 Å². The van der Waals surface area contributed by atoms with E-state index in [4.69, 9.17) is 9.47 Å². The average molecular weight is 245 g/mol. The zero-order valence-electron chi connectivity index (χ0n) is 11.5. The lowest BCUT2D eigenvalue weighted by atomic mass is 10.0. The summed E-state index contributed by atoms with van der Waals surface area (Å²) >= 11 is 0. The maximum atomic E-state index is 11.5. The van der Waals surface area contributed by atoms with Crippen LogP contribution in [0.1, 0.15) is 40.0 Å². The normalized spacial score (nSPS) is 10.8. The summed E-state index contributed by atoms with van der Waals surface area (Å²) in [6.07, 6.45) is 2.82. The third-order valence-corrected chi connectivity index (χ3v) is 2.64. The molecule has 0 aromatic heterocycles. The molecule has 4 heteroatoms. The average Bonchev–Trinajstić information content (AvgIpc) is 2.34. The van der Waals surface area contributed by atoms with Crippen molar-refractivity contribution in [2.24, 2.45) is 5.92 Å². The molecule has 0 aliphatic heterocycles. The van der Waals surface area contributed by atoms with Crippen LogP contribution in [0.15, 0.2) is 0 Å². The van der Waals surface area contributed by atoms with Gasteiger partial charge in [0, 0.05) is 6.54 Å². The Morgan fingerprint density at radius 1 is 1.06 bits per heavy atom. The SMILES string of the molecule is CCCNCCOCCOC(=O)C(CC)CC. The van der Waals surface area contributed by atoms with Crippen molar-refractivity contribution in [2.45, 2.75) is 40.0 Å². The van der Waals surface area contributed by atoms with E-state index in [-0.39, 0.29) is 11.9 Å². The van der Waals surface area contributed by atoms with Crippen molar-refractivity contribution >= 4 is 5.97 Å². The van der Waals surface area contributed by atoms with E-state index in [1.807, 2.05) is 13.8 Å². The molecule has 0 spiro atoms. The molecule has 0 amide bonds. The van der Waals surface area contributed by atoms with Crippen LogP contribution in [0.3, 0.4) is 0 Å². The minimum atomic E-state index is -0.0947. The Bertz CT molecular complexity index is 182. The Kier molecular flexibility index (Phi) is 11.4. The van der Waals surface area contributed by atoms with Gasteiger partial charge in [-0.25, -0.2) is 0 Å². The van der Waals surface area contributed by atoms with Crippen LogP contribution in [-0.4, -0.2) is 38.9 Å². The number of esters is 1. The fourth-order valence-corrected chi connectivity index (χ4v) is 1.49. The highest BCUT2D eigenvalue weighted by atomic mass is 16.6. The molecule has 0 unspecified atom stereocenters. The first-order chi connectivity index (χ1) is 8.26. The second kappa shape index (κ2) is 11.9. The Morgan fingerprint density at radius 3 is 2.35 bits per heavy atom. The van der Waals surface area contributed by atoms with Crippen LogP contribution in [-0.2, 0) is 14.3 Å². The molecule has 0 aliphatic rings. The van der Waals surface area contributed by atoms with Crippen LogP contribution < -0.4 is 5.32 Å². The van der Waals surface area contributed by atoms with Gasteiger partial charge in [-0.05, 0) is 25.8 Å². The molecule has 1 N–H and O–H groups in total. The zero-order valence-corrected chi connectivity index (χ0v) is 11.5. The van der Waals surface area contributed by atoms with E-state index in [2.05, 4.69) is 12.2 Å². The van der Waals surface area contributed by atoms with Gasteiger partial charge in [0.15, 0.2) is 0 Å². The van der Waals surface area contributed by atoms with Crippen LogP contribution in [0, 0.1) is 5.92 Å². The predicted molar refractivity (Wildman–Crippen MR) is 69.0 cm³/mol. The first-order valence-electron chi connectivity index (χ1n) is 6.71. The first-order valence-corrected chi connectivity index (χ1v) is 6.71. The van der Waals surface area contributed by atoms with Gasteiger partial charge in [-0.1, -0.05) is 20.8 Å². The zero-order chi connectivity index (χ0) is 12.9. The highest BCUT2D eigenvalue weighted by molar-refractivity contribution is 5.72. The maximum Gasteiger partial charge on any atom is 0.308 e. The van der Waals surface area contributed by atoms with E-state index in [9.17, 15) is 4.79 Å². The fourth-order valence-electron chi connectivity index (χ4n) is 1.49. The van der Waals surface area contributed by atoms with Gasteiger partial charge < -0.3 is 14.8 Å². The van der Waals surface area contributed by atoms with E-state index in [0.717, 1.165) is 32.4 Å². The van der Waals surface area contributed by atoms with E-state index in [1.54, 1.807) is 0 Å². The molecule has 102 valence electrons. The Balaban J connectivity index is 3.30. The Morgan fingerprint density at radius 2 is 1.76 bits per heavy atom. The van der Waals surface area contributed by atoms with Crippen molar-refractivity contribution < 1.29 is 14.3 Å². The predicted octanol–water partition coefficient (Wildman–Crippen LogP) is 1.98. The summed E-state index contributed by atoms with van der Waals surface area (Å²) in [5.74, 6) is -0.0519. The highest BCUT2D eigenvalue weighted by Crippen LogP contribution is 2.09. The van der Waals surface area contributed by atoms with Gasteiger partial charge in [-0.2, -0.15) is 0 Å². The molecule has 0 saturated carbocycles. The molecule has 0 aromatic carbocycles. The molecule has 17 heavy (non-hydrogen) atoms. The number of carbonyl (C=O) groups is 1. The molecule has 0 saturated heterocycles. The van der Waals surface area contributed by atoms with Crippen LogP contribution in [0.25, 0.3) is 0 Å². The molecular weight excluding hydrogens is 218 g/mol. The lowest BCUT2D eigenvalue weighted by Crippen LogP contribution is -2.22. The van der Waals surface area contributed by atoms with Crippen LogP contribution in [0.2, 0.25) is 0 Å². The largest absolute Gasteiger partial charge is 0.463 e. The smallest absolute Gasteiger partial charge is 0.308 e. The molecule has 0 atom stereocenters. The Labute approximate surface area is 105 Å². The fraction of sp³-hybridized carbons (Fsp3) is 0.923. The molecule has 0 aromatic rings. The summed E-state index contributed by atoms with van der Waals surface area (Å²) in [6.45, 7) is 9.54. The van der Waals surface area contributed by atoms with E-state index in [0.29, 0.717) is 19.8 Å². The molecule has 0 fully saturated rings.